The molecule has 1 fully saturated rings. The number of amides is 1. The number of aryl methyl sites for hydroxylation is 1. The molecule has 0 saturated carbocycles. The van der Waals surface area contributed by atoms with Gasteiger partial charge in [0.05, 0.1) is 24.4 Å². The van der Waals surface area contributed by atoms with E-state index in [1.807, 2.05) is 0 Å². The highest BCUT2D eigenvalue weighted by molar-refractivity contribution is 5.93. The number of fused-ring (bicyclic) bond motifs is 1. The van der Waals surface area contributed by atoms with Crippen molar-refractivity contribution >= 4 is 28.8 Å². The van der Waals surface area contributed by atoms with Gasteiger partial charge < -0.3 is 14.8 Å². The number of hydrogen-bond donors (Lipinski definition) is 1. The summed E-state index contributed by atoms with van der Waals surface area (Å²) in [5.41, 5.74) is -0.222. The van der Waals surface area contributed by atoms with E-state index in [-0.39, 0.29) is 41.6 Å². The molecule has 0 aromatic carbocycles. The molecule has 0 radical (unpaired) electrons. The molecule has 1 N–H and O–H groups in total. The van der Waals surface area contributed by atoms with Crippen molar-refractivity contribution in [2.75, 3.05) is 16.8 Å². The fourth-order valence-corrected chi connectivity index (χ4v) is 4.53. The van der Waals surface area contributed by atoms with E-state index in [9.17, 15) is 27.6 Å². The van der Waals surface area contributed by atoms with Gasteiger partial charge in [0.1, 0.15) is 12.1 Å². The molecule has 5 heterocycles. The van der Waals surface area contributed by atoms with Crippen LogP contribution in [-0.4, -0.2) is 63.3 Å². The zero-order chi connectivity index (χ0) is 28.1. The number of imidazole rings is 1. The van der Waals surface area contributed by atoms with Crippen molar-refractivity contribution in [3.05, 3.63) is 52.0 Å². The van der Waals surface area contributed by atoms with E-state index in [1.54, 1.807) is 6.92 Å². The summed E-state index contributed by atoms with van der Waals surface area (Å²) >= 11 is 0. The topological polar surface area (TPSA) is 146 Å². The summed E-state index contributed by atoms with van der Waals surface area (Å²) in [6.07, 6.45) is 2.73. The van der Waals surface area contributed by atoms with Crippen molar-refractivity contribution < 1.29 is 18.0 Å². The number of nitrogens with one attached hydrogen (secondary N) is 1. The van der Waals surface area contributed by atoms with E-state index in [0.717, 1.165) is 9.47 Å². The second kappa shape index (κ2) is 9.59. The third-order valence-corrected chi connectivity index (χ3v) is 6.68. The van der Waals surface area contributed by atoms with Crippen LogP contribution >= 0.6 is 0 Å². The van der Waals surface area contributed by atoms with Gasteiger partial charge in [-0.05, 0) is 19.8 Å². The molecular weight excluding hydrogens is 521 g/mol. The molecule has 0 unspecified atom stereocenters. The number of halogens is 3. The predicted molar refractivity (Wildman–Crippen MR) is 133 cm³/mol. The molecule has 39 heavy (non-hydrogen) atoms. The summed E-state index contributed by atoms with van der Waals surface area (Å²) in [4.78, 5) is 59.8. The van der Waals surface area contributed by atoms with E-state index in [0.29, 0.717) is 12.0 Å². The maximum Gasteiger partial charge on any atom is 0.408 e. The minimum Gasteiger partial charge on any atom is -0.329 e. The zero-order valence-corrected chi connectivity index (χ0v) is 21.0. The number of carbonyl (C=O) groups excluding carboxylic acids is 1. The van der Waals surface area contributed by atoms with Crippen molar-refractivity contribution in [1.29, 1.82) is 0 Å². The fraction of sp³-hybridized carbons (Fsp3) is 0.391. The molecule has 1 aliphatic heterocycles. The molecule has 5 rings (SSSR count). The number of carbonyl (C=O) groups is 1. The van der Waals surface area contributed by atoms with Crippen LogP contribution in [0.25, 0.3) is 22.4 Å². The number of nitrogens with zero attached hydrogens (tertiary/aromatic N) is 9. The van der Waals surface area contributed by atoms with Gasteiger partial charge in [-0.1, -0.05) is 0 Å². The van der Waals surface area contributed by atoms with Crippen LogP contribution < -0.4 is 21.5 Å². The molecule has 204 valence electrons. The molecule has 1 amide bonds. The van der Waals surface area contributed by atoms with Crippen LogP contribution in [0, 0.1) is 0 Å². The second-order valence-corrected chi connectivity index (χ2v) is 9.15. The molecule has 13 nitrogen and oxygen atoms in total. The SMILES string of the molecule is C[C@@H](C(=O)Nc1cncc(-c2cnc(N3CCC[C@H]3C(F)(F)F)nc2)n1)n1cnc2c1c(=O)n(C)c(=O)n2C. The fourth-order valence-electron chi connectivity index (χ4n) is 4.53. The molecule has 4 aromatic rings. The lowest BCUT2D eigenvalue weighted by Crippen LogP contribution is -2.42. The molecule has 16 heteroatoms. The lowest BCUT2D eigenvalue weighted by atomic mass is 10.2. The number of anilines is 2. The minimum atomic E-state index is -4.37. The summed E-state index contributed by atoms with van der Waals surface area (Å²) in [5, 5.41) is 2.63. The highest BCUT2D eigenvalue weighted by Crippen LogP contribution is 2.34. The summed E-state index contributed by atoms with van der Waals surface area (Å²) < 4.78 is 43.4. The Bertz CT molecular complexity index is 1680. The number of aromatic nitrogens is 8. The Hall–Kier alpha value is -4.63. The first-order valence-electron chi connectivity index (χ1n) is 11.9. The third-order valence-electron chi connectivity index (χ3n) is 6.68. The van der Waals surface area contributed by atoms with Gasteiger partial charge in [0.25, 0.3) is 5.56 Å². The van der Waals surface area contributed by atoms with E-state index in [4.69, 9.17) is 0 Å². The largest absolute Gasteiger partial charge is 0.408 e. The average Bonchev–Trinajstić information content (AvgIpc) is 3.59. The lowest BCUT2D eigenvalue weighted by Gasteiger charge is -2.26. The summed E-state index contributed by atoms with van der Waals surface area (Å²) in [6.45, 7) is 1.76. The van der Waals surface area contributed by atoms with Crippen LogP contribution in [0.4, 0.5) is 24.9 Å². The summed E-state index contributed by atoms with van der Waals surface area (Å²) in [6, 6.07) is -2.53. The maximum absolute atomic E-state index is 13.3. The van der Waals surface area contributed by atoms with Crippen molar-refractivity contribution in [2.24, 2.45) is 14.1 Å². The molecular formula is C23H23F3N10O3. The number of hydrogen-bond acceptors (Lipinski definition) is 9. The van der Waals surface area contributed by atoms with Gasteiger partial charge >= 0.3 is 11.9 Å². The Labute approximate surface area is 218 Å². The molecule has 0 bridgehead atoms. The van der Waals surface area contributed by atoms with E-state index in [2.05, 4.69) is 30.2 Å². The Morgan fingerprint density at radius 1 is 1.08 bits per heavy atom. The normalized spacial score (nSPS) is 16.6. The van der Waals surface area contributed by atoms with Crippen LogP contribution in [0.15, 0.2) is 40.7 Å². The first-order chi connectivity index (χ1) is 18.5. The maximum atomic E-state index is 13.3. The second-order valence-electron chi connectivity index (χ2n) is 9.15. The lowest BCUT2D eigenvalue weighted by molar-refractivity contribution is -0.146. The third kappa shape index (κ3) is 4.61. The van der Waals surface area contributed by atoms with Crippen molar-refractivity contribution in [3.8, 4) is 11.3 Å². The Morgan fingerprint density at radius 3 is 2.49 bits per heavy atom. The Balaban J connectivity index is 1.35. The van der Waals surface area contributed by atoms with Crippen molar-refractivity contribution in [3.63, 3.8) is 0 Å². The van der Waals surface area contributed by atoms with Crippen LogP contribution in [0.1, 0.15) is 25.8 Å². The van der Waals surface area contributed by atoms with Gasteiger partial charge in [-0.2, -0.15) is 13.2 Å². The monoisotopic (exact) mass is 544 g/mol. The Morgan fingerprint density at radius 2 is 1.79 bits per heavy atom. The van der Waals surface area contributed by atoms with Gasteiger partial charge in [0, 0.05) is 38.6 Å². The van der Waals surface area contributed by atoms with Crippen LogP contribution in [-0.2, 0) is 18.9 Å². The first-order valence-corrected chi connectivity index (χ1v) is 11.9. The number of alkyl halides is 3. The van der Waals surface area contributed by atoms with Crippen LogP contribution in [0.3, 0.4) is 0 Å². The van der Waals surface area contributed by atoms with Gasteiger partial charge in [0.2, 0.25) is 11.9 Å². The molecule has 1 saturated heterocycles. The zero-order valence-electron chi connectivity index (χ0n) is 21.0. The van der Waals surface area contributed by atoms with Gasteiger partial charge in [-0.15, -0.1) is 0 Å². The van der Waals surface area contributed by atoms with E-state index < -0.39 is 35.4 Å². The van der Waals surface area contributed by atoms with Gasteiger partial charge in [0.15, 0.2) is 17.0 Å². The summed E-state index contributed by atoms with van der Waals surface area (Å²) in [7, 11) is 2.81. The van der Waals surface area contributed by atoms with Gasteiger partial charge in [-0.25, -0.2) is 24.7 Å². The van der Waals surface area contributed by atoms with Crippen LogP contribution in [0.5, 0.6) is 0 Å². The molecule has 4 aromatic heterocycles. The average molecular weight is 544 g/mol. The molecule has 2 atom stereocenters. The standard InChI is InChI=1S/C23H23F3N10O3/c1-12(36-11-30-18-17(36)20(38)34(3)22(39)33(18)2)19(37)32-16-10-27-9-14(31-16)13-7-28-21(29-8-13)35-6-4-5-15(35)23(24,25)26/h7-12,15H,4-6H2,1-3H3,(H,31,32,37)/t12-,15-/m0/s1. The van der Waals surface area contributed by atoms with Crippen molar-refractivity contribution in [2.45, 2.75) is 38.0 Å². The quantitative estimate of drug-likeness (QED) is 0.394. The Kier molecular flexibility index (Phi) is 6.40. The predicted octanol–water partition coefficient (Wildman–Crippen LogP) is 1.41. The summed E-state index contributed by atoms with van der Waals surface area (Å²) in [5.74, 6) is -0.466. The number of rotatable bonds is 5. The minimum absolute atomic E-state index is 0.0121. The van der Waals surface area contributed by atoms with Crippen LogP contribution in [0.2, 0.25) is 0 Å². The van der Waals surface area contributed by atoms with Gasteiger partial charge in [-0.3, -0.25) is 23.7 Å². The first kappa shape index (κ1) is 26.0. The molecule has 0 spiro atoms. The molecule has 1 aliphatic rings. The highest BCUT2D eigenvalue weighted by Gasteiger charge is 2.46. The molecule has 0 aliphatic carbocycles. The van der Waals surface area contributed by atoms with E-state index in [1.165, 1.54) is 54.3 Å². The van der Waals surface area contributed by atoms with E-state index >= 15 is 0 Å². The smallest absolute Gasteiger partial charge is 0.329 e. The van der Waals surface area contributed by atoms with Crippen molar-refractivity contribution in [1.82, 2.24) is 38.6 Å². The highest BCUT2D eigenvalue weighted by atomic mass is 19.4.